The van der Waals surface area contributed by atoms with Gasteiger partial charge in [-0.1, -0.05) is 114 Å². The van der Waals surface area contributed by atoms with Gasteiger partial charge < -0.3 is 22.6 Å². The lowest BCUT2D eigenvalue weighted by Crippen LogP contribution is -2.46. The molecule has 8 heteroatoms. The summed E-state index contributed by atoms with van der Waals surface area (Å²) in [5.41, 5.74) is 6.55. The molecule has 0 aromatic heterocycles. The largest absolute Gasteiger partial charge is 0.463 e. The Balaban J connectivity index is 1.72. The van der Waals surface area contributed by atoms with E-state index in [0.29, 0.717) is 26.4 Å². The Labute approximate surface area is 262 Å². The molecule has 4 aliphatic heterocycles. The molecule has 0 aliphatic carbocycles. The average molecular weight is 631 g/mol. The van der Waals surface area contributed by atoms with Crippen LogP contribution < -0.4 is 9.05 Å². The van der Waals surface area contributed by atoms with Crippen molar-refractivity contribution in [2.75, 3.05) is 26.4 Å². The smallest absolute Gasteiger partial charge is 0.417 e. The molecule has 0 amide bonds. The van der Waals surface area contributed by atoms with Crippen LogP contribution in [0, 0.1) is 5.41 Å². The van der Waals surface area contributed by atoms with Crippen molar-refractivity contribution in [2.24, 2.45) is 5.41 Å². The second-order valence-corrected chi connectivity index (χ2v) is 19.1. The van der Waals surface area contributed by atoms with E-state index in [1.165, 1.54) is 33.4 Å². The van der Waals surface area contributed by atoms with Gasteiger partial charge in [-0.2, -0.15) is 0 Å². The van der Waals surface area contributed by atoms with Gasteiger partial charge in [-0.05, 0) is 32.8 Å². The highest BCUT2D eigenvalue weighted by molar-refractivity contribution is 7.42. The van der Waals surface area contributed by atoms with Gasteiger partial charge in [0.15, 0.2) is 0 Å². The zero-order chi connectivity index (χ0) is 31.8. The van der Waals surface area contributed by atoms with Crippen molar-refractivity contribution in [1.82, 2.24) is 0 Å². The Morgan fingerprint density at radius 2 is 1.05 bits per heavy atom. The van der Waals surface area contributed by atoms with Crippen molar-refractivity contribution in [3.05, 3.63) is 57.6 Å². The first-order valence-electron chi connectivity index (χ1n) is 15.5. The number of benzene rings is 2. The molecule has 43 heavy (non-hydrogen) atoms. The van der Waals surface area contributed by atoms with Crippen molar-refractivity contribution in [1.29, 1.82) is 0 Å². The van der Waals surface area contributed by atoms with E-state index in [1.54, 1.807) is 0 Å². The van der Waals surface area contributed by atoms with Crippen LogP contribution in [-0.2, 0) is 39.8 Å². The van der Waals surface area contributed by atoms with Crippen LogP contribution in [0.3, 0.4) is 0 Å². The summed E-state index contributed by atoms with van der Waals surface area (Å²) in [6, 6.07) is 9.37. The van der Waals surface area contributed by atoms with Crippen molar-refractivity contribution in [3.8, 4) is 11.5 Å². The molecule has 0 atom stereocenters. The van der Waals surface area contributed by atoms with Crippen molar-refractivity contribution < 1.29 is 27.1 Å². The van der Waals surface area contributed by atoms with E-state index >= 15 is 0 Å². The quantitative estimate of drug-likeness (QED) is 0.315. The topological polar surface area (TPSA) is 55.4 Å². The first-order chi connectivity index (χ1) is 19.7. The molecule has 3 saturated heterocycles. The summed E-state index contributed by atoms with van der Waals surface area (Å²) >= 11 is 0. The molecule has 0 saturated carbocycles. The average Bonchev–Trinajstić information content (AvgIpc) is 2.89. The van der Waals surface area contributed by atoms with Crippen LogP contribution in [0.2, 0.25) is 0 Å². The third-order valence-electron chi connectivity index (χ3n) is 8.75. The molecule has 4 aliphatic rings. The maximum absolute atomic E-state index is 6.95. The van der Waals surface area contributed by atoms with Crippen LogP contribution in [0.1, 0.15) is 129 Å². The molecule has 0 unspecified atom stereocenters. The van der Waals surface area contributed by atoms with Crippen LogP contribution in [-0.4, -0.2) is 26.4 Å². The van der Waals surface area contributed by atoms with Gasteiger partial charge >= 0.3 is 17.2 Å². The Morgan fingerprint density at radius 3 is 1.40 bits per heavy atom. The normalized spacial score (nSPS) is 26.1. The van der Waals surface area contributed by atoms with Gasteiger partial charge in [0, 0.05) is 28.2 Å². The standard InChI is InChI=1S/C35H52O6P2/c1-22-25-14-23(31(2,3)4)16-27(33(8,9)10)29(25)40-43(39-21-35-18-36-42(37-19-35)38-20-35)41-30-26(22)15-24(32(5,6)7)17-28(30)34(11,12)13/h14-17,22H,18-21H2,1-13H3. The first kappa shape index (κ1) is 33.1. The van der Waals surface area contributed by atoms with Crippen LogP contribution in [0.15, 0.2) is 24.3 Å². The molecule has 238 valence electrons. The van der Waals surface area contributed by atoms with Gasteiger partial charge in [0.25, 0.3) is 0 Å². The monoisotopic (exact) mass is 630 g/mol. The van der Waals surface area contributed by atoms with Crippen molar-refractivity contribution in [3.63, 3.8) is 0 Å². The maximum Gasteiger partial charge on any atom is 0.463 e. The first-order valence-corrected chi connectivity index (χ1v) is 17.7. The fourth-order valence-electron chi connectivity index (χ4n) is 5.64. The second-order valence-electron chi connectivity index (χ2n) is 16.8. The predicted molar refractivity (Wildman–Crippen MR) is 177 cm³/mol. The van der Waals surface area contributed by atoms with E-state index in [-0.39, 0.29) is 33.0 Å². The molecular formula is C35H52O6P2. The van der Waals surface area contributed by atoms with Crippen LogP contribution in [0.25, 0.3) is 0 Å². The summed E-state index contributed by atoms with van der Waals surface area (Å²) in [7, 11) is -3.03. The maximum atomic E-state index is 6.95. The molecule has 6 rings (SSSR count). The van der Waals surface area contributed by atoms with E-state index in [4.69, 9.17) is 27.1 Å². The van der Waals surface area contributed by atoms with Gasteiger partial charge in [-0.3, -0.25) is 4.52 Å². The Bertz CT molecular complexity index is 1250. The zero-order valence-corrected chi connectivity index (χ0v) is 30.3. The van der Waals surface area contributed by atoms with Gasteiger partial charge in [-0.25, -0.2) is 0 Å². The van der Waals surface area contributed by atoms with Crippen molar-refractivity contribution >= 4 is 17.2 Å². The fourth-order valence-corrected chi connectivity index (χ4v) is 8.23. The van der Waals surface area contributed by atoms with E-state index in [1.807, 2.05) is 0 Å². The van der Waals surface area contributed by atoms with Gasteiger partial charge in [-0.15, -0.1) is 0 Å². The summed E-state index contributed by atoms with van der Waals surface area (Å²) in [4.78, 5) is 0. The number of rotatable bonds is 3. The SMILES string of the molecule is CC1c2cc(C(C)(C)C)cc(C(C)(C)C)c2OP(OCC23COP(OC2)OC3)Oc2c1cc(C(C)(C)C)cc2C(C)(C)C. The molecule has 2 aromatic carbocycles. The molecule has 2 bridgehead atoms. The highest BCUT2D eigenvalue weighted by Crippen LogP contribution is 2.58. The summed E-state index contributed by atoms with van der Waals surface area (Å²) in [5.74, 6) is 1.79. The lowest BCUT2D eigenvalue weighted by molar-refractivity contribution is -0.0926. The molecule has 0 N–H and O–H groups in total. The summed E-state index contributed by atoms with van der Waals surface area (Å²) in [5, 5.41) is 0. The van der Waals surface area contributed by atoms with E-state index in [2.05, 4.69) is 114 Å². The molecule has 2 aromatic rings. The number of fused-ring (bicyclic) bond motifs is 5. The lowest BCUT2D eigenvalue weighted by atomic mass is 9.74. The highest BCUT2D eigenvalue weighted by Gasteiger charge is 2.47. The molecule has 4 heterocycles. The molecule has 0 radical (unpaired) electrons. The summed E-state index contributed by atoms with van der Waals surface area (Å²) < 4.78 is 37.9. The Morgan fingerprint density at radius 1 is 0.651 bits per heavy atom. The fraction of sp³-hybridized carbons (Fsp3) is 0.657. The van der Waals surface area contributed by atoms with Crippen LogP contribution >= 0.6 is 17.2 Å². The van der Waals surface area contributed by atoms with Gasteiger partial charge in [0.05, 0.1) is 31.8 Å². The second kappa shape index (κ2) is 11.2. The van der Waals surface area contributed by atoms with Crippen molar-refractivity contribution in [2.45, 2.75) is 118 Å². The van der Waals surface area contributed by atoms with Gasteiger partial charge in [0.1, 0.15) is 11.5 Å². The highest BCUT2D eigenvalue weighted by atomic mass is 31.2. The number of hydrogen-bond donors (Lipinski definition) is 0. The predicted octanol–water partition coefficient (Wildman–Crippen LogP) is 10.3. The number of hydrogen-bond acceptors (Lipinski definition) is 6. The summed E-state index contributed by atoms with van der Waals surface area (Å²) in [6.07, 6.45) is 0. The molecule has 0 spiro atoms. The Hall–Kier alpha value is -1.26. The van der Waals surface area contributed by atoms with Crippen LogP contribution in [0.5, 0.6) is 11.5 Å². The zero-order valence-electron chi connectivity index (χ0n) is 28.6. The Kier molecular flexibility index (Phi) is 8.64. The van der Waals surface area contributed by atoms with E-state index in [9.17, 15) is 0 Å². The summed E-state index contributed by atoms with van der Waals surface area (Å²) in [6.45, 7) is 31.5. The van der Waals surface area contributed by atoms with Gasteiger partial charge in [0.2, 0.25) is 0 Å². The third kappa shape index (κ3) is 6.81. The molecular weight excluding hydrogens is 578 g/mol. The molecule has 3 fully saturated rings. The lowest BCUT2D eigenvalue weighted by Gasteiger charge is -2.43. The minimum Gasteiger partial charge on any atom is -0.417 e. The molecule has 6 nitrogen and oxygen atoms in total. The third-order valence-corrected chi connectivity index (χ3v) is 10.8. The minimum absolute atomic E-state index is 0.0258. The van der Waals surface area contributed by atoms with E-state index < -0.39 is 17.2 Å². The minimum atomic E-state index is -1.82. The van der Waals surface area contributed by atoms with E-state index in [0.717, 1.165) is 11.5 Å². The van der Waals surface area contributed by atoms with Crippen LogP contribution in [0.4, 0.5) is 0 Å².